The molecule has 0 bridgehead atoms. The minimum Gasteiger partial charge on any atom is -0.377 e. The van der Waals surface area contributed by atoms with Gasteiger partial charge in [-0.15, -0.1) is 0 Å². The molecule has 1 aromatic heterocycles. The van der Waals surface area contributed by atoms with E-state index < -0.39 is 0 Å². The number of anilines is 1. The second-order valence-electron chi connectivity index (χ2n) is 4.27. The van der Waals surface area contributed by atoms with Gasteiger partial charge in [-0.25, -0.2) is 4.98 Å². The molecule has 1 atom stereocenters. The Hall–Kier alpha value is -1.31. The molecule has 0 aromatic carbocycles. The van der Waals surface area contributed by atoms with E-state index in [1.807, 2.05) is 6.92 Å². The smallest absolute Gasteiger partial charge is 0.148 e. The maximum atomic E-state index is 8.97. The SMILES string of the molecule is CCOC1CCCN(c2nccc(C#N)c2Cl)C1. The van der Waals surface area contributed by atoms with Gasteiger partial charge in [-0.3, -0.25) is 0 Å². The highest BCUT2D eigenvalue weighted by molar-refractivity contribution is 6.34. The topological polar surface area (TPSA) is 49.1 Å². The quantitative estimate of drug-likeness (QED) is 0.843. The molecule has 0 amide bonds. The summed E-state index contributed by atoms with van der Waals surface area (Å²) in [7, 11) is 0. The van der Waals surface area contributed by atoms with Crippen molar-refractivity contribution in [2.75, 3.05) is 24.6 Å². The zero-order chi connectivity index (χ0) is 13.0. The average Bonchev–Trinajstić information content (AvgIpc) is 2.40. The lowest BCUT2D eigenvalue weighted by Crippen LogP contribution is -2.40. The second-order valence-corrected chi connectivity index (χ2v) is 4.65. The summed E-state index contributed by atoms with van der Waals surface area (Å²) < 4.78 is 5.65. The van der Waals surface area contributed by atoms with E-state index in [0.717, 1.165) is 32.5 Å². The molecule has 1 unspecified atom stereocenters. The Kier molecular flexibility index (Phi) is 4.40. The van der Waals surface area contributed by atoms with Crippen LogP contribution in [0.1, 0.15) is 25.3 Å². The number of aromatic nitrogens is 1. The maximum absolute atomic E-state index is 8.97. The van der Waals surface area contributed by atoms with Crippen LogP contribution in [0.2, 0.25) is 5.02 Å². The molecule has 5 heteroatoms. The van der Waals surface area contributed by atoms with Crippen molar-refractivity contribution in [3.8, 4) is 6.07 Å². The highest BCUT2D eigenvalue weighted by atomic mass is 35.5. The molecule has 0 aliphatic carbocycles. The number of piperidine rings is 1. The van der Waals surface area contributed by atoms with E-state index in [4.69, 9.17) is 21.6 Å². The second kappa shape index (κ2) is 6.03. The van der Waals surface area contributed by atoms with Crippen LogP contribution in [0, 0.1) is 11.3 Å². The van der Waals surface area contributed by atoms with Crippen LogP contribution in [0.15, 0.2) is 12.3 Å². The molecule has 2 heterocycles. The fourth-order valence-corrected chi connectivity index (χ4v) is 2.52. The van der Waals surface area contributed by atoms with Crippen molar-refractivity contribution in [2.24, 2.45) is 0 Å². The first kappa shape index (κ1) is 13.1. The fraction of sp³-hybridized carbons (Fsp3) is 0.538. The summed E-state index contributed by atoms with van der Waals surface area (Å²) in [6, 6.07) is 3.72. The first-order valence-electron chi connectivity index (χ1n) is 6.17. The molecule has 1 fully saturated rings. The summed E-state index contributed by atoms with van der Waals surface area (Å²) in [5.74, 6) is 0.695. The number of hydrogen-bond donors (Lipinski definition) is 0. The predicted octanol–water partition coefficient (Wildman–Crippen LogP) is 2.61. The molecule has 0 spiro atoms. The van der Waals surface area contributed by atoms with Gasteiger partial charge in [-0.2, -0.15) is 5.26 Å². The number of rotatable bonds is 3. The van der Waals surface area contributed by atoms with E-state index in [1.54, 1.807) is 12.3 Å². The number of nitriles is 1. The molecule has 4 nitrogen and oxygen atoms in total. The lowest BCUT2D eigenvalue weighted by molar-refractivity contribution is 0.0525. The summed E-state index contributed by atoms with van der Waals surface area (Å²) in [6.45, 7) is 4.42. The van der Waals surface area contributed by atoms with Crippen molar-refractivity contribution >= 4 is 17.4 Å². The predicted molar refractivity (Wildman–Crippen MR) is 70.8 cm³/mol. The normalized spacial score (nSPS) is 19.6. The number of ether oxygens (including phenoxy) is 1. The van der Waals surface area contributed by atoms with Crippen LogP contribution < -0.4 is 4.90 Å². The molecule has 2 rings (SSSR count). The summed E-state index contributed by atoms with van der Waals surface area (Å²) >= 11 is 6.20. The minimum absolute atomic E-state index is 0.229. The van der Waals surface area contributed by atoms with E-state index in [-0.39, 0.29) is 6.10 Å². The van der Waals surface area contributed by atoms with Crippen LogP contribution in [0.3, 0.4) is 0 Å². The molecular weight excluding hydrogens is 250 g/mol. The van der Waals surface area contributed by atoms with Gasteiger partial charge in [0.15, 0.2) is 0 Å². The molecule has 1 aromatic rings. The van der Waals surface area contributed by atoms with Gasteiger partial charge in [0.05, 0.1) is 11.7 Å². The Morgan fingerprint density at radius 1 is 1.67 bits per heavy atom. The van der Waals surface area contributed by atoms with Gasteiger partial charge >= 0.3 is 0 Å². The lowest BCUT2D eigenvalue weighted by atomic mass is 10.1. The fourth-order valence-electron chi connectivity index (χ4n) is 2.24. The molecule has 18 heavy (non-hydrogen) atoms. The number of nitrogens with zero attached hydrogens (tertiary/aromatic N) is 3. The Labute approximate surface area is 112 Å². The Morgan fingerprint density at radius 3 is 3.22 bits per heavy atom. The molecule has 1 saturated heterocycles. The Bertz CT molecular complexity index is 456. The van der Waals surface area contributed by atoms with Crippen molar-refractivity contribution in [3.63, 3.8) is 0 Å². The third-order valence-corrected chi connectivity index (χ3v) is 3.44. The lowest BCUT2D eigenvalue weighted by Gasteiger charge is -2.33. The average molecular weight is 266 g/mol. The molecule has 1 aliphatic heterocycles. The molecule has 0 radical (unpaired) electrons. The minimum atomic E-state index is 0.229. The van der Waals surface area contributed by atoms with Crippen molar-refractivity contribution in [1.82, 2.24) is 4.98 Å². The van der Waals surface area contributed by atoms with Crippen LogP contribution in [-0.4, -0.2) is 30.8 Å². The van der Waals surface area contributed by atoms with E-state index in [0.29, 0.717) is 16.4 Å². The first-order chi connectivity index (χ1) is 8.76. The Morgan fingerprint density at radius 2 is 2.50 bits per heavy atom. The van der Waals surface area contributed by atoms with Crippen molar-refractivity contribution in [2.45, 2.75) is 25.9 Å². The van der Waals surface area contributed by atoms with Gasteiger partial charge in [0.1, 0.15) is 16.9 Å². The first-order valence-corrected chi connectivity index (χ1v) is 6.55. The van der Waals surface area contributed by atoms with Gasteiger partial charge in [0.2, 0.25) is 0 Å². The van der Waals surface area contributed by atoms with E-state index >= 15 is 0 Å². The van der Waals surface area contributed by atoms with Crippen LogP contribution >= 0.6 is 11.6 Å². The third-order valence-electron chi connectivity index (χ3n) is 3.07. The van der Waals surface area contributed by atoms with Gasteiger partial charge < -0.3 is 9.64 Å². The van der Waals surface area contributed by atoms with E-state index in [2.05, 4.69) is 16.0 Å². The van der Waals surface area contributed by atoms with Crippen molar-refractivity contribution < 1.29 is 4.74 Å². The number of hydrogen-bond acceptors (Lipinski definition) is 4. The van der Waals surface area contributed by atoms with Gasteiger partial charge in [0.25, 0.3) is 0 Å². The molecule has 0 saturated carbocycles. The monoisotopic (exact) mass is 265 g/mol. The third kappa shape index (κ3) is 2.74. The van der Waals surface area contributed by atoms with Crippen molar-refractivity contribution in [3.05, 3.63) is 22.8 Å². The van der Waals surface area contributed by atoms with E-state index in [1.165, 1.54) is 0 Å². The van der Waals surface area contributed by atoms with Crippen LogP contribution in [0.25, 0.3) is 0 Å². The summed E-state index contributed by atoms with van der Waals surface area (Å²) in [4.78, 5) is 6.40. The highest BCUT2D eigenvalue weighted by Crippen LogP contribution is 2.29. The van der Waals surface area contributed by atoms with Crippen molar-refractivity contribution in [1.29, 1.82) is 5.26 Å². The van der Waals surface area contributed by atoms with Crippen LogP contribution in [0.5, 0.6) is 0 Å². The van der Waals surface area contributed by atoms with Crippen LogP contribution in [0.4, 0.5) is 5.82 Å². The van der Waals surface area contributed by atoms with Crippen LogP contribution in [-0.2, 0) is 4.74 Å². The Balaban J connectivity index is 2.18. The maximum Gasteiger partial charge on any atom is 0.148 e. The summed E-state index contributed by atoms with van der Waals surface area (Å²) in [5, 5.41) is 9.41. The van der Waals surface area contributed by atoms with Gasteiger partial charge in [0, 0.05) is 25.9 Å². The molecule has 0 N–H and O–H groups in total. The largest absolute Gasteiger partial charge is 0.377 e. The zero-order valence-electron chi connectivity index (χ0n) is 10.4. The standard InChI is InChI=1S/C13H16ClN3O/c1-2-18-11-4-3-7-17(9-11)13-12(14)10(8-15)5-6-16-13/h5-6,11H,2-4,7,9H2,1H3. The highest BCUT2D eigenvalue weighted by Gasteiger charge is 2.23. The zero-order valence-corrected chi connectivity index (χ0v) is 11.2. The van der Waals surface area contributed by atoms with Gasteiger partial charge in [-0.1, -0.05) is 11.6 Å². The van der Waals surface area contributed by atoms with Gasteiger partial charge in [-0.05, 0) is 25.8 Å². The molecular formula is C13H16ClN3O. The number of halogens is 1. The summed E-state index contributed by atoms with van der Waals surface area (Å²) in [5.41, 5.74) is 0.472. The molecule has 1 aliphatic rings. The molecule has 96 valence electrons. The summed E-state index contributed by atoms with van der Waals surface area (Å²) in [6.07, 6.45) is 3.98. The van der Waals surface area contributed by atoms with E-state index in [9.17, 15) is 0 Å². The number of pyridine rings is 1.